The van der Waals surface area contributed by atoms with Crippen molar-refractivity contribution in [1.82, 2.24) is 0 Å². The maximum atomic E-state index is 2.31. The summed E-state index contributed by atoms with van der Waals surface area (Å²) in [5, 5.41) is 10.3. The number of fused-ring (bicyclic) bond motifs is 4. The minimum absolute atomic E-state index is 1.26. The predicted molar refractivity (Wildman–Crippen MR) is 426 cm³/mol. The summed E-state index contributed by atoms with van der Waals surface area (Å²) in [5.74, 6) is 0. The van der Waals surface area contributed by atoms with Crippen LogP contribution >= 0.6 is 0 Å². The van der Waals surface area contributed by atoms with Gasteiger partial charge in [-0.05, 0) is 268 Å². The molecule has 0 bridgehead atoms. The highest BCUT2D eigenvalue weighted by Gasteiger charge is 2.24. The Morgan fingerprint density at radius 1 is 0.122 bits per heavy atom. The largest absolute Gasteiger partial charge is 0.0620 e. The first-order valence-electron chi connectivity index (χ1n) is 34.5. The van der Waals surface area contributed by atoms with E-state index < -0.39 is 0 Å². The molecule has 0 heteroatoms. The molecule has 98 heavy (non-hydrogen) atoms. The molecule has 0 saturated heterocycles. The Bertz CT molecular complexity index is 5340. The molecule has 0 unspecified atom stereocenters. The van der Waals surface area contributed by atoms with Crippen molar-refractivity contribution in [2.75, 3.05) is 0 Å². The molecule has 0 aromatic heterocycles. The zero-order valence-electron chi connectivity index (χ0n) is 58.0. The maximum Gasteiger partial charge on any atom is -0.00142 e. The van der Waals surface area contributed by atoms with Gasteiger partial charge in [-0.1, -0.05) is 315 Å². The molecular formula is C98H82. The fraction of sp³-hybridized carbons (Fsp3) is 0.102. The van der Waals surface area contributed by atoms with Gasteiger partial charge in [0.2, 0.25) is 0 Å². The van der Waals surface area contributed by atoms with Gasteiger partial charge in [-0.15, -0.1) is 0 Å². The van der Waals surface area contributed by atoms with Crippen molar-refractivity contribution in [2.45, 2.75) is 69.2 Å². The molecular weight excluding hydrogens is 1180 g/mol. The summed E-state index contributed by atoms with van der Waals surface area (Å²) in [5.41, 5.74) is 36.6. The van der Waals surface area contributed by atoms with E-state index in [1.54, 1.807) is 0 Å². The smallest absolute Gasteiger partial charge is 0.00142 e. The Hall–Kier alpha value is -11.4. The van der Waals surface area contributed by atoms with Crippen molar-refractivity contribution >= 4 is 43.1 Å². The molecule has 0 aliphatic carbocycles. The lowest BCUT2D eigenvalue weighted by atomic mass is 9.82. The first-order chi connectivity index (χ1) is 47.8. The molecule has 16 rings (SSSR count). The standard InChI is InChI=1S/C36H30.C34H26.C28H26/c1-23-11-9-17-33(31-21-19-27-13-5-7-15-29(27)25(31)3)35(23)36-24(2)12-10-18-34(36)32-22-20-28-14-6-8-16-30(28)26(32)4;1-23-11-3-7-15-27(23)31-21-19-25-13-5-9-17-29(25)33(31)34-30-18-10-6-14-26(30)20-22-32(34)28-16-8-4-12-24(28)2;1-19-11-5-7-15-23(19)25-17-9-13-21(3)27(25)28-22(4)14-10-18-26(28)24-16-8-6-12-20(24)2/h5-22H,1-4H3;3-22H,1-2H3;5-18H,1-4H3. The molecule has 0 radical (unpaired) electrons. The summed E-state index contributed by atoms with van der Waals surface area (Å²) in [7, 11) is 0. The van der Waals surface area contributed by atoms with Crippen LogP contribution in [0.1, 0.15) is 55.6 Å². The average molecular weight is 1260 g/mol. The van der Waals surface area contributed by atoms with Gasteiger partial charge in [0, 0.05) is 0 Å². The fourth-order valence-electron chi connectivity index (χ4n) is 15.4. The summed E-state index contributed by atoms with van der Waals surface area (Å²) < 4.78 is 0. The molecule has 16 aromatic rings. The maximum absolute atomic E-state index is 2.31. The van der Waals surface area contributed by atoms with Crippen molar-refractivity contribution in [3.63, 3.8) is 0 Å². The number of aryl methyl sites for hydroxylation is 10. The van der Waals surface area contributed by atoms with Crippen molar-refractivity contribution in [2.24, 2.45) is 0 Å². The van der Waals surface area contributed by atoms with Gasteiger partial charge < -0.3 is 0 Å². The Labute approximate surface area is 579 Å². The van der Waals surface area contributed by atoms with E-state index in [9.17, 15) is 0 Å². The number of hydrogen-bond donors (Lipinski definition) is 0. The Morgan fingerprint density at radius 2 is 0.316 bits per heavy atom. The summed E-state index contributed by atoms with van der Waals surface area (Å²) in [4.78, 5) is 0. The Morgan fingerprint density at radius 3 is 0.602 bits per heavy atom. The molecule has 0 nitrogen and oxygen atoms in total. The lowest BCUT2D eigenvalue weighted by molar-refractivity contribution is 1.38. The molecule has 0 atom stereocenters. The lowest BCUT2D eigenvalue weighted by Gasteiger charge is -2.22. The Balaban J connectivity index is 0.000000127. The van der Waals surface area contributed by atoms with Crippen LogP contribution in [0.2, 0.25) is 0 Å². The van der Waals surface area contributed by atoms with Gasteiger partial charge in [-0.3, -0.25) is 0 Å². The van der Waals surface area contributed by atoms with E-state index in [0.717, 1.165) is 0 Å². The number of hydrogen-bond acceptors (Lipinski definition) is 0. The first kappa shape index (κ1) is 63.9. The van der Waals surface area contributed by atoms with Crippen LogP contribution < -0.4 is 0 Å². The minimum Gasteiger partial charge on any atom is -0.0620 e. The van der Waals surface area contributed by atoms with Crippen molar-refractivity contribution in [3.8, 4) is 100 Å². The van der Waals surface area contributed by atoms with Crippen molar-refractivity contribution in [1.29, 1.82) is 0 Å². The second kappa shape index (κ2) is 27.7. The highest BCUT2D eigenvalue weighted by Crippen LogP contribution is 2.49. The highest BCUT2D eigenvalue weighted by atomic mass is 14.3. The van der Waals surface area contributed by atoms with Crippen molar-refractivity contribution < 1.29 is 0 Å². The summed E-state index contributed by atoms with van der Waals surface area (Å²) >= 11 is 0. The van der Waals surface area contributed by atoms with Gasteiger partial charge in [-0.2, -0.15) is 0 Å². The van der Waals surface area contributed by atoms with Crippen LogP contribution in [0.3, 0.4) is 0 Å². The molecule has 16 aromatic carbocycles. The minimum atomic E-state index is 1.26. The third-order valence-electron chi connectivity index (χ3n) is 20.4. The molecule has 0 aliphatic rings. The first-order valence-corrected chi connectivity index (χ1v) is 34.5. The molecule has 0 N–H and O–H groups in total. The second-order valence-electron chi connectivity index (χ2n) is 26.6. The van der Waals surface area contributed by atoms with Crippen LogP contribution in [-0.4, -0.2) is 0 Å². The highest BCUT2D eigenvalue weighted by molar-refractivity contribution is 6.15. The zero-order valence-corrected chi connectivity index (χ0v) is 58.0. The van der Waals surface area contributed by atoms with E-state index in [2.05, 4.69) is 385 Å². The summed E-state index contributed by atoms with van der Waals surface area (Å²) in [6.07, 6.45) is 0. The molecule has 0 spiro atoms. The quantitative estimate of drug-likeness (QED) is 0.135. The fourth-order valence-corrected chi connectivity index (χ4v) is 15.4. The summed E-state index contributed by atoms with van der Waals surface area (Å²) in [6.45, 7) is 22.3. The van der Waals surface area contributed by atoms with E-state index in [4.69, 9.17) is 0 Å². The molecule has 0 saturated carbocycles. The van der Waals surface area contributed by atoms with Gasteiger partial charge >= 0.3 is 0 Å². The number of rotatable bonds is 9. The molecule has 0 amide bonds. The van der Waals surface area contributed by atoms with E-state index in [1.807, 2.05) is 0 Å². The average Bonchev–Trinajstić information content (AvgIpc) is 0.751. The third-order valence-corrected chi connectivity index (χ3v) is 20.4. The SMILES string of the molecule is Cc1cccc(-c2ccc3ccccc3c2C)c1-c1c(C)cccc1-c1ccc2ccccc2c1C.Cc1ccccc1-c1ccc2ccccc2c1-c1c(-c2ccccc2C)ccc2ccccc12.Cc1ccccc1-c1cccc(C)c1-c1c(C)cccc1-c1ccccc1C. The van der Waals surface area contributed by atoms with Gasteiger partial charge in [0.15, 0.2) is 0 Å². The Kier molecular flexibility index (Phi) is 18.1. The van der Waals surface area contributed by atoms with Crippen LogP contribution in [0.25, 0.3) is 143 Å². The van der Waals surface area contributed by atoms with Crippen LogP contribution in [0.15, 0.2) is 315 Å². The zero-order chi connectivity index (χ0) is 67.6. The third kappa shape index (κ3) is 12.1. The van der Waals surface area contributed by atoms with Crippen LogP contribution in [0, 0.1) is 69.2 Å². The van der Waals surface area contributed by atoms with Gasteiger partial charge in [0.1, 0.15) is 0 Å². The van der Waals surface area contributed by atoms with Crippen LogP contribution in [0.5, 0.6) is 0 Å². The van der Waals surface area contributed by atoms with Crippen LogP contribution in [-0.2, 0) is 0 Å². The van der Waals surface area contributed by atoms with E-state index in [0.29, 0.717) is 0 Å². The lowest BCUT2D eigenvalue weighted by Crippen LogP contribution is -1.97. The van der Waals surface area contributed by atoms with Gasteiger partial charge in [0.05, 0.1) is 0 Å². The van der Waals surface area contributed by atoms with E-state index in [-0.39, 0.29) is 0 Å². The topological polar surface area (TPSA) is 0 Å². The van der Waals surface area contributed by atoms with E-state index >= 15 is 0 Å². The molecule has 0 fully saturated rings. The van der Waals surface area contributed by atoms with E-state index in [1.165, 1.54) is 199 Å². The monoisotopic (exact) mass is 1260 g/mol. The number of benzene rings is 16. The second-order valence-corrected chi connectivity index (χ2v) is 26.6. The van der Waals surface area contributed by atoms with Gasteiger partial charge in [0.25, 0.3) is 0 Å². The van der Waals surface area contributed by atoms with Gasteiger partial charge in [-0.25, -0.2) is 0 Å². The van der Waals surface area contributed by atoms with Crippen LogP contribution in [0.4, 0.5) is 0 Å². The molecule has 0 heterocycles. The predicted octanol–water partition coefficient (Wildman–Crippen LogP) is 27.8. The molecule has 474 valence electrons. The molecule has 0 aliphatic heterocycles. The normalized spacial score (nSPS) is 11.2. The van der Waals surface area contributed by atoms with Crippen molar-refractivity contribution in [3.05, 3.63) is 371 Å². The summed E-state index contributed by atoms with van der Waals surface area (Å²) in [6, 6.07) is 115.